The summed E-state index contributed by atoms with van der Waals surface area (Å²) in [6, 6.07) is 18.6. The lowest BCUT2D eigenvalue weighted by Crippen LogP contribution is -2.21. The number of ether oxygens (including phenoxy) is 1. The number of hydrogen-bond donors (Lipinski definition) is 1. The first-order valence-corrected chi connectivity index (χ1v) is 7.38. The van der Waals surface area contributed by atoms with Crippen LogP contribution in [0.4, 0.5) is 5.69 Å². The lowest BCUT2D eigenvalue weighted by molar-refractivity contribution is 0.325. The fraction of sp³-hybridized carbons (Fsp3) is 0.333. The van der Waals surface area contributed by atoms with Gasteiger partial charge in [-0.3, -0.25) is 0 Å². The van der Waals surface area contributed by atoms with Gasteiger partial charge in [0.1, 0.15) is 5.75 Å². The fourth-order valence-electron chi connectivity index (χ4n) is 2.26. The Morgan fingerprint density at radius 1 is 1.00 bits per heavy atom. The third kappa shape index (κ3) is 5.48. The van der Waals surface area contributed by atoms with E-state index < -0.39 is 0 Å². The normalized spacial score (nSPS) is 10.6. The van der Waals surface area contributed by atoms with Crippen LogP contribution in [-0.4, -0.2) is 32.1 Å². The molecule has 0 saturated carbocycles. The van der Waals surface area contributed by atoms with Crippen molar-refractivity contribution in [3.05, 3.63) is 60.2 Å². The van der Waals surface area contributed by atoms with Gasteiger partial charge in [0.25, 0.3) is 0 Å². The quantitative estimate of drug-likeness (QED) is 0.749. The Balaban J connectivity index is 1.64. The molecule has 0 heterocycles. The Kier molecular flexibility index (Phi) is 6.10. The van der Waals surface area contributed by atoms with E-state index in [9.17, 15) is 0 Å². The molecule has 0 radical (unpaired) electrons. The van der Waals surface area contributed by atoms with Crippen LogP contribution in [0.2, 0.25) is 0 Å². The minimum Gasteiger partial charge on any atom is -0.497 e. The summed E-state index contributed by atoms with van der Waals surface area (Å²) >= 11 is 0. The maximum Gasteiger partial charge on any atom is 0.119 e. The van der Waals surface area contributed by atoms with E-state index in [4.69, 9.17) is 4.74 Å². The molecule has 112 valence electrons. The van der Waals surface area contributed by atoms with Crippen LogP contribution in [0.1, 0.15) is 12.0 Å². The Morgan fingerprint density at radius 3 is 2.38 bits per heavy atom. The van der Waals surface area contributed by atoms with Crippen LogP contribution in [0, 0.1) is 0 Å². The van der Waals surface area contributed by atoms with Gasteiger partial charge in [-0.05, 0) is 49.8 Å². The molecule has 3 nitrogen and oxygen atoms in total. The molecule has 1 N–H and O–H groups in total. The van der Waals surface area contributed by atoms with Gasteiger partial charge in [-0.15, -0.1) is 0 Å². The Bertz CT molecular complexity index is 511. The minimum absolute atomic E-state index is 0.892. The topological polar surface area (TPSA) is 24.5 Å². The molecule has 0 aromatic heterocycles. The molecule has 0 aliphatic carbocycles. The summed E-state index contributed by atoms with van der Waals surface area (Å²) in [5.74, 6) is 0.892. The second kappa shape index (κ2) is 8.32. The number of methoxy groups -OCH3 is 1. The lowest BCUT2D eigenvalue weighted by Gasteiger charge is -2.17. The summed E-state index contributed by atoms with van der Waals surface area (Å²) in [5.41, 5.74) is 2.50. The molecule has 0 atom stereocenters. The molecule has 2 aromatic rings. The summed E-state index contributed by atoms with van der Waals surface area (Å²) in [6.07, 6.45) is 1.12. The van der Waals surface area contributed by atoms with E-state index >= 15 is 0 Å². The van der Waals surface area contributed by atoms with E-state index in [-0.39, 0.29) is 0 Å². The highest BCUT2D eigenvalue weighted by Crippen LogP contribution is 2.14. The van der Waals surface area contributed by atoms with Gasteiger partial charge in [0.05, 0.1) is 7.11 Å². The fourth-order valence-corrected chi connectivity index (χ4v) is 2.26. The molecule has 0 bridgehead atoms. The monoisotopic (exact) mass is 284 g/mol. The van der Waals surface area contributed by atoms with Gasteiger partial charge >= 0.3 is 0 Å². The molecule has 2 aromatic carbocycles. The predicted molar refractivity (Wildman–Crippen MR) is 88.9 cm³/mol. The number of rotatable bonds is 8. The van der Waals surface area contributed by atoms with Crippen molar-refractivity contribution in [2.75, 3.05) is 32.6 Å². The number of hydrogen-bond acceptors (Lipinski definition) is 3. The van der Waals surface area contributed by atoms with Crippen LogP contribution in [0.5, 0.6) is 5.75 Å². The zero-order valence-electron chi connectivity index (χ0n) is 12.9. The Morgan fingerprint density at radius 2 is 1.71 bits per heavy atom. The first kappa shape index (κ1) is 15.4. The van der Waals surface area contributed by atoms with Gasteiger partial charge in [-0.2, -0.15) is 0 Å². The highest BCUT2D eigenvalue weighted by atomic mass is 16.5. The number of nitrogens with one attached hydrogen (secondary N) is 1. The molecule has 21 heavy (non-hydrogen) atoms. The van der Waals surface area contributed by atoms with Crippen molar-refractivity contribution in [2.24, 2.45) is 0 Å². The second-order valence-electron chi connectivity index (χ2n) is 5.23. The zero-order valence-corrected chi connectivity index (χ0v) is 12.9. The highest BCUT2D eigenvalue weighted by Gasteiger charge is 2.00. The molecular weight excluding hydrogens is 260 g/mol. The number of benzene rings is 2. The molecule has 0 saturated heterocycles. The summed E-state index contributed by atoms with van der Waals surface area (Å²) in [7, 11) is 3.85. The first-order valence-electron chi connectivity index (χ1n) is 7.38. The van der Waals surface area contributed by atoms with Gasteiger partial charge in [0.2, 0.25) is 0 Å². The van der Waals surface area contributed by atoms with E-state index in [2.05, 4.69) is 47.6 Å². The molecule has 2 rings (SSSR count). The molecule has 0 amide bonds. The van der Waals surface area contributed by atoms with Crippen molar-refractivity contribution in [2.45, 2.75) is 13.0 Å². The van der Waals surface area contributed by atoms with Crippen LogP contribution >= 0.6 is 0 Å². The summed E-state index contributed by atoms with van der Waals surface area (Å²) in [4.78, 5) is 2.35. The molecule has 0 aliphatic heterocycles. The van der Waals surface area contributed by atoms with Gasteiger partial charge in [0, 0.05) is 18.8 Å². The van der Waals surface area contributed by atoms with E-state index in [1.165, 1.54) is 5.56 Å². The van der Waals surface area contributed by atoms with Crippen LogP contribution < -0.4 is 10.1 Å². The Labute approximate surface area is 127 Å². The number of nitrogens with zero attached hydrogens (tertiary/aromatic N) is 1. The van der Waals surface area contributed by atoms with Crippen molar-refractivity contribution in [1.82, 2.24) is 4.90 Å². The average Bonchev–Trinajstić information content (AvgIpc) is 2.53. The van der Waals surface area contributed by atoms with Gasteiger partial charge in [-0.25, -0.2) is 0 Å². The van der Waals surface area contributed by atoms with Crippen LogP contribution in [0.3, 0.4) is 0 Å². The third-order valence-corrected chi connectivity index (χ3v) is 3.43. The van der Waals surface area contributed by atoms with Crippen molar-refractivity contribution in [3.63, 3.8) is 0 Å². The van der Waals surface area contributed by atoms with Crippen LogP contribution in [0.25, 0.3) is 0 Å². The summed E-state index contributed by atoms with van der Waals surface area (Å²) in [5, 5.41) is 3.43. The van der Waals surface area contributed by atoms with E-state index in [0.717, 1.165) is 37.5 Å². The number of anilines is 1. The van der Waals surface area contributed by atoms with E-state index in [0.29, 0.717) is 0 Å². The zero-order chi connectivity index (χ0) is 14.9. The molecule has 0 aliphatic rings. The van der Waals surface area contributed by atoms with E-state index in [1.807, 2.05) is 24.3 Å². The molecule has 0 fully saturated rings. The largest absolute Gasteiger partial charge is 0.497 e. The maximum absolute atomic E-state index is 5.15. The van der Waals surface area contributed by atoms with E-state index in [1.54, 1.807) is 7.11 Å². The first-order chi connectivity index (χ1) is 10.3. The third-order valence-electron chi connectivity index (χ3n) is 3.43. The van der Waals surface area contributed by atoms with Crippen LogP contribution in [-0.2, 0) is 6.54 Å². The minimum atomic E-state index is 0.892. The molecule has 0 unspecified atom stereocenters. The van der Waals surface area contributed by atoms with Crippen molar-refractivity contribution in [1.29, 1.82) is 0 Å². The van der Waals surface area contributed by atoms with Gasteiger partial charge in [-0.1, -0.05) is 30.3 Å². The van der Waals surface area contributed by atoms with Crippen molar-refractivity contribution >= 4 is 5.69 Å². The molecular formula is C18H24N2O. The predicted octanol–water partition coefficient (Wildman–Crippen LogP) is 3.63. The van der Waals surface area contributed by atoms with Crippen LogP contribution in [0.15, 0.2) is 54.6 Å². The average molecular weight is 284 g/mol. The molecule has 3 heteroatoms. The van der Waals surface area contributed by atoms with Crippen molar-refractivity contribution in [3.8, 4) is 5.75 Å². The second-order valence-corrected chi connectivity index (χ2v) is 5.23. The van der Waals surface area contributed by atoms with Crippen molar-refractivity contribution < 1.29 is 4.74 Å². The molecule has 0 spiro atoms. The summed E-state index contributed by atoms with van der Waals surface area (Å²) < 4.78 is 5.15. The Hall–Kier alpha value is -2.00. The SMILES string of the molecule is COc1ccc(NCCCN(C)Cc2ccccc2)cc1. The van der Waals surface area contributed by atoms with Gasteiger partial charge < -0.3 is 15.0 Å². The standard InChI is InChI=1S/C18H24N2O/c1-20(15-16-7-4-3-5-8-16)14-6-13-19-17-9-11-18(21-2)12-10-17/h3-5,7-12,19H,6,13-15H2,1-2H3. The van der Waals surface area contributed by atoms with Gasteiger partial charge in [0.15, 0.2) is 0 Å². The smallest absolute Gasteiger partial charge is 0.119 e. The lowest BCUT2D eigenvalue weighted by atomic mass is 10.2. The maximum atomic E-state index is 5.15. The summed E-state index contributed by atoms with van der Waals surface area (Å²) in [6.45, 7) is 3.06. The highest BCUT2D eigenvalue weighted by molar-refractivity contribution is 5.46.